The van der Waals surface area contributed by atoms with Gasteiger partial charge in [-0.1, -0.05) is 20.8 Å². The van der Waals surface area contributed by atoms with Crippen molar-refractivity contribution in [3.05, 3.63) is 0 Å². The van der Waals surface area contributed by atoms with E-state index >= 15 is 0 Å². The number of ether oxygens (including phenoxy) is 2. The smallest absolute Gasteiger partial charge is 0.408 e. The molecule has 1 saturated heterocycles. The molecule has 5 heteroatoms. The Bertz CT molecular complexity index is 366. The Kier molecular flexibility index (Phi) is 4.54. The summed E-state index contributed by atoms with van der Waals surface area (Å²) in [5, 5.41) is 0. The Morgan fingerprint density at radius 1 is 1.05 bits per heavy atom. The van der Waals surface area contributed by atoms with Crippen molar-refractivity contribution in [3.63, 3.8) is 0 Å². The third kappa shape index (κ3) is 2.56. The van der Waals surface area contributed by atoms with Crippen molar-refractivity contribution >= 4 is 7.12 Å². The van der Waals surface area contributed by atoms with E-state index in [0.717, 1.165) is 6.42 Å². The molecule has 5 atom stereocenters. The van der Waals surface area contributed by atoms with Crippen molar-refractivity contribution in [2.45, 2.75) is 84.8 Å². The van der Waals surface area contributed by atoms with Gasteiger partial charge in [0.25, 0.3) is 0 Å². The maximum atomic E-state index is 6.27. The summed E-state index contributed by atoms with van der Waals surface area (Å²) in [6, 6.07) is 0. The monoisotopic (exact) mass is 298 g/mol. The number of hydrogen-bond acceptors (Lipinski definition) is 4. The molecule has 2 rings (SSSR count). The molecule has 4 unspecified atom stereocenters. The number of fused-ring (bicyclic) bond motifs is 1. The van der Waals surface area contributed by atoms with Crippen LogP contribution in [0.4, 0.5) is 0 Å². The molecule has 1 aliphatic heterocycles. The highest BCUT2D eigenvalue weighted by atomic mass is 16.8. The van der Waals surface area contributed by atoms with Crippen LogP contribution < -0.4 is 0 Å². The molecule has 0 aromatic rings. The van der Waals surface area contributed by atoms with Crippen LogP contribution in [0.1, 0.15) is 61.8 Å². The predicted molar refractivity (Wildman–Crippen MR) is 83.9 cm³/mol. The van der Waals surface area contributed by atoms with Gasteiger partial charge in [-0.25, -0.2) is 0 Å². The van der Waals surface area contributed by atoms with Gasteiger partial charge >= 0.3 is 7.12 Å². The van der Waals surface area contributed by atoms with Crippen LogP contribution in [0, 0.1) is 11.8 Å². The van der Waals surface area contributed by atoms with Crippen LogP contribution in [0.3, 0.4) is 0 Å². The molecule has 0 N–H and O–H groups in total. The molecule has 1 heterocycles. The lowest BCUT2D eigenvalue weighted by Crippen LogP contribution is -2.69. The fourth-order valence-corrected chi connectivity index (χ4v) is 3.56. The third-order valence-corrected chi connectivity index (χ3v) is 6.04. The van der Waals surface area contributed by atoms with Crippen molar-refractivity contribution in [3.8, 4) is 0 Å². The Morgan fingerprint density at radius 3 is 1.90 bits per heavy atom. The van der Waals surface area contributed by atoms with Gasteiger partial charge in [-0.15, -0.1) is 0 Å². The molecular weight excluding hydrogens is 267 g/mol. The zero-order valence-corrected chi connectivity index (χ0v) is 14.9. The molecule has 2 aliphatic rings. The van der Waals surface area contributed by atoms with Crippen LogP contribution in [0.5, 0.6) is 0 Å². The fraction of sp³-hybridized carbons (Fsp3) is 1.00. The van der Waals surface area contributed by atoms with Gasteiger partial charge in [-0.2, -0.15) is 0 Å². The molecule has 21 heavy (non-hydrogen) atoms. The molecule has 122 valence electrons. The van der Waals surface area contributed by atoms with E-state index in [-0.39, 0.29) is 16.8 Å². The highest BCUT2D eigenvalue weighted by molar-refractivity contribution is 6.45. The molecule has 0 bridgehead atoms. The normalized spacial score (nSPS) is 42.6. The van der Waals surface area contributed by atoms with Gasteiger partial charge in [-0.05, 0) is 52.9 Å². The molecule has 1 aliphatic carbocycles. The third-order valence-electron chi connectivity index (χ3n) is 6.04. The van der Waals surface area contributed by atoms with E-state index in [1.54, 1.807) is 0 Å². The summed E-state index contributed by atoms with van der Waals surface area (Å²) < 4.78 is 24.4. The van der Waals surface area contributed by atoms with Gasteiger partial charge < -0.3 is 18.8 Å². The van der Waals surface area contributed by atoms with Crippen LogP contribution in [-0.4, -0.2) is 36.7 Å². The number of rotatable bonds is 6. The number of hydrogen-bond donors (Lipinski definition) is 0. The second-order valence-corrected chi connectivity index (χ2v) is 7.45. The predicted octanol–water partition coefficient (Wildman–Crippen LogP) is 3.43. The minimum absolute atomic E-state index is 0.257. The van der Waals surface area contributed by atoms with E-state index in [9.17, 15) is 0 Å². The molecular formula is C16H31BO4. The summed E-state index contributed by atoms with van der Waals surface area (Å²) in [4.78, 5) is 0. The van der Waals surface area contributed by atoms with E-state index in [2.05, 4.69) is 48.5 Å². The van der Waals surface area contributed by atoms with Crippen LogP contribution >= 0.6 is 0 Å². The lowest BCUT2D eigenvalue weighted by Gasteiger charge is -2.58. The Balaban J connectivity index is 2.13. The van der Waals surface area contributed by atoms with Crippen molar-refractivity contribution in [1.82, 2.24) is 0 Å². The lowest BCUT2D eigenvalue weighted by molar-refractivity contribution is -0.202. The Labute approximate surface area is 130 Å². The van der Waals surface area contributed by atoms with Crippen molar-refractivity contribution < 1.29 is 18.8 Å². The van der Waals surface area contributed by atoms with Crippen LogP contribution in [-0.2, 0) is 18.8 Å². The highest BCUT2D eigenvalue weighted by Gasteiger charge is 2.72. The molecule has 0 aromatic carbocycles. The van der Waals surface area contributed by atoms with Gasteiger partial charge in [0.1, 0.15) is 0 Å². The van der Waals surface area contributed by atoms with Crippen molar-refractivity contribution in [1.29, 1.82) is 0 Å². The molecule has 4 nitrogen and oxygen atoms in total. The molecule has 1 saturated carbocycles. The minimum Gasteiger partial charge on any atom is -0.408 e. The first-order valence-corrected chi connectivity index (χ1v) is 8.26. The summed E-state index contributed by atoms with van der Waals surface area (Å²) in [5.41, 5.74) is -0.772. The quantitative estimate of drug-likeness (QED) is 0.704. The van der Waals surface area contributed by atoms with E-state index in [1.165, 1.54) is 0 Å². The molecule has 0 spiro atoms. The summed E-state index contributed by atoms with van der Waals surface area (Å²) >= 11 is 0. The Hall–Kier alpha value is -0.0951. The molecule has 2 fully saturated rings. The summed E-state index contributed by atoms with van der Waals surface area (Å²) in [7, 11) is -0.483. The Morgan fingerprint density at radius 2 is 1.52 bits per heavy atom. The van der Waals surface area contributed by atoms with E-state index < -0.39 is 13.3 Å². The van der Waals surface area contributed by atoms with E-state index in [0.29, 0.717) is 18.4 Å². The fourth-order valence-electron chi connectivity index (χ4n) is 3.56. The first kappa shape index (κ1) is 17.3. The SMILES string of the molecule is CCOB(OC(C)(C)CC)C1OC2(C)C(C)[C@@H](C)C2(C)O1. The van der Waals surface area contributed by atoms with E-state index in [1.807, 2.05) is 6.92 Å². The minimum atomic E-state index is -0.483. The van der Waals surface area contributed by atoms with Crippen molar-refractivity contribution in [2.24, 2.45) is 11.8 Å². The van der Waals surface area contributed by atoms with Crippen LogP contribution in [0.15, 0.2) is 0 Å². The average Bonchev–Trinajstić information content (AvgIpc) is 2.68. The van der Waals surface area contributed by atoms with Gasteiger partial charge in [0.15, 0.2) is 6.19 Å². The zero-order chi connectivity index (χ0) is 16.1. The van der Waals surface area contributed by atoms with Gasteiger partial charge in [-0.3, -0.25) is 0 Å². The summed E-state index contributed by atoms with van der Waals surface area (Å²) in [5.74, 6) is 0.933. The topological polar surface area (TPSA) is 36.9 Å². The highest BCUT2D eigenvalue weighted by Crippen LogP contribution is 2.61. The first-order valence-electron chi connectivity index (χ1n) is 8.26. The van der Waals surface area contributed by atoms with Gasteiger partial charge in [0.05, 0.1) is 11.2 Å². The van der Waals surface area contributed by atoms with Gasteiger partial charge in [0, 0.05) is 12.2 Å². The summed E-state index contributed by atoms with van der Waals surface area (Å²) in [6.45, 7) is 17.5. The van der Waals surface area contributed by atoms with Crippen LogP contribution in [0.2, 0.25) is 0 Å². The van der Waals surface area contributed by atoms with Crippen LogP contribution in [0.25, 0.3) is 0 Å². The molecule has 0 amide bonds. The van der Waals surface area contributed by atoms with Crippen molar-refractivity contribution in [2.75, 3.05) is 6.61 Å². The maximum Gasteiger partial charge on any atom is 0.517 e. The molecule has 0 aromatic heterocycles. The second kappa shape index (κ2) is 5.52. The second-order valence-electron chi connectivity index (χ2n) is 7.45. The average molecular weight is 298 g/mol. The standard InChI is InChI=1S/C16H31BO4/c1-9-14(5,6)21-17(18-10-2)13-19-15(7)11(3)12(4)16(15,8)20-13/h11-13H,9-10H2,1-8H3/t11-,12?,13?,15?,16?/m1/s1. The maximum absolute atomic E-state index is 6.27. The molecule has 0 radical (unpaired) electrons. The van der Waals surface area contributed by atoms with Gasteiger partial charge in [0.2, 0.25) is 0 Å². The van der Waals surface area contributed by atoms with E-state index in [4.69, 9.17) is 18.8 Å². The summed E-state index contributed by atoms with van der Waals surface area (Å²) in [6.07, 6.45) is 0.447. The first-order chi connectivity index (χ1) is 9.61. The largest absolute Gasteiger partial charge is 0.517 e. The lowest BCUT2D eigenvalue weighted by atomic mass is 9.53. The zero-order valence-electron chi connectivity index (χ0n) is 14.9.